The summed E-state index contributed by atoms with van der Waals surface area (Å²) in [4.78, 5) is 38.8. The first kappa shape index (κ1) is 28.9. The van der Waals surface area contributed by atoms with Crippen LogP contribution in [0, 0.1) is 27.9 Å². The SMILES string of the molecule is CC1=C([C@H](O)CC/C(=C/c2ccccc2O)c2ccccc2)[C@H](CO)[C@@H]2C(=O)N(c3cccc([N+](=O)[O-])c3)C(=O)[C@@H]2C1. The molecule has 1 saturated heterocycles. The maximum Gasteiger partial charge on any atom is 0.271 e. The number of nitro groups is 1. The number of benzene rings is 3. The maximum absolute atomic E-state index is 13.6. The Hall–Kier alpha value is -4.60. The Bertz CT molecular complexity index is 1580. The van der Waals surface area contributed by atoms with E-state index in [1.807, 2.05) is 42.5 Å². The summed E-state index contributed by atoms with van der Waals surface area (Å²) < 4.78 is 0. The van der Waals surface area contributed by atoms with Crippen molar-refractivity contribution in [3.05, 3.63) is 111 Å². The van der Waals surface area contributed by atoms with E-state index in [0.29, 0.717) is 17.6 Å². The fraction of sp³-hybridized carbons (Fsp3) is 0.273. The number of non-ortho nitro benzene ring substituents is 1. The van der Waals surface area contributed by atoms with Crippen molar-refractivity contribution in [1.29, 1.82) is 0 Å². The Morgan fingerprint density at radius 1 is 1.05 bits per heavy atom. The van der Waals surface area contributed by atoms with Crippen LogP contribution in [0.1, 0.15) is 37.3 Å². The standard InChI is InChI=1S/C33H32N2O7/c1-20-16-26-31(33(40)34(32(26)39)24-11-7-12-25(18-24)35(41)42)27(19-36)30(20)29(38)15-14-22(21-8-3-2-4-9-21)17-23-10-5-6-13-28(23)37/h2-13,17-18,26-27,29,31,36-38H,14-16,19H2,1H3/b22-17-/t26-,27+,29-,31-/m1/s1. The normalized spacial score (nSPS) is 21.5. The van der Waals surface area contributed by atoms with E-state index in [0.717, 1.165) is 21.6 Å². The number of amides is 2. The number of hydrogen-bond donors (Lipinski definition) is 3. The van der Waals surface area contributed by atoms with Gasteiger partial charge in [0, 0.05) is 23.6 Å². The summed E-state index contributed by atoms with van der Waals surface area (Å²) in [5.41, 5.74) is 3.65. The third kappa shape index (κ3) is 5.48. The molecule has 3 N–H and O–H groups in total. The molecule has 0 saturated carbocycles. The van der Waals surface area contributed by atoms with Crippen LogP contribution in [0.2, 0.25) is 0 Å². The minimum absolute atomic E-state index is 0.117. The third-order valence-corrected chi connectivity index (χ3v) is 8.28. The van der Waals surface area contributed by atoms with E-state index in [4.69, 9.17) is 0 Å². The van der Waals surface area contributed by atoms with Crippen LogP contribution >= 0.6 is 0 Å². The summed E-state index contributed by atoms with van der Waals surface area (Å²) >= 11 is 0. The number of anilines is 1. The van der Waals surface area contributed by atoms with Crippen molar-refractivity contribution in [2.75, 3.05) is 11.5 Å². The number of allylic oxidation sites excluding steroid dienone is 2. The lowest BCUT2D eigenvalue weighted by molar-refractivity contribution is -0.384. The predicted molar refractivity (Wildman–Crippen MR) is 158 cm³/mol. The molecule has 1 aliphatic carbocycles. The number of rotatable bonds is 9. The second kappa shape index (κ2) is 12.1. The average Bonchev–Trinajstić information content (AvgIpc) is 3.24. The number of fused-ring (bicyclic) bond motifs is 1. The molecule has 0 radical (unpaired) electrons. The highest BCUT2D eigenvalue weighted by molar-refractivity contribution is 6.22. The van der Waals surface area contributed by atoms with E-state index in [1.54, 1.807) is 25.1 Å². The molecule has 5 rings (SSSR count). The predicted octanol–water partition coefficient (Wildman–Crippen LogP) is 5.12. The lowest BCUT2D eigenvalue weighted by atomic mass is 9.68. The summed E-state index contributed by atoms with van der Waals surface area (Å²) in [5, 5.41) is 43.6. The molecule has 4 atom stereocenters. The zero-order valence-electron chi connectivity index (χ0n) is 23.1. The summed E-state index contributed by atoms with van der Waals surface area (Å²) in [6, 6.07) is 22.0. The zero-order chi connectivity index (χ0) is 30.0. The van der Waals surface area contributed by atoms with Crippen molar-refractivity contribution >= 4 is 34.8 Å². The van der Waals surface area contributed by atoms with Crippen LogP contribution in [-0.2, 0) is 9.59 Å². The van der Waals surface area contributed by atoms with E-state index in [-0.39, 0.29) is 30.0 Å². The van der Waals surface area contributed by atoms with Crippen LogP contribution in [0.4, 0.5) is 11.4 Å². The number of carbonyl (C=O) groups is 2. The van der Waals surface area contributed by atoms with Gasteiger partial charge in [-0.2, -0.15) is 0 Å². The molecule has 0 bridgehead atoms. The number of nitro benzene ring substituents is 1. The number of imide groups is 1. The number of aliphatic hydroxyl groups is 2. The molecule has 216 valence electrons. The van der Waals surface area contributed by atoms with Gasteiger partial charge in [0.05, 0.1) is 35.2 Å². The van der Waals surface area contributed by atoms with Gasteiger partial charge in [-0.05, 0) is 61.1 Å². The first-order valence-corrected chi connectivity index (χ1v) is 13.9. The van der Waals surface area contributed by atoms with Crippen LogP contribution in [0.3, 0.4) is 0 Å². The summed E-state index contributed by atoms with van der Waals surface area (Å²) in [6.07, 6.45) is 1.85. The second-order valence-corrected chi connectivity index (χ2v) is 10.8. The maximum atomic E-state index is 13.6. The van der Waals surface area contributed by atoms with E-state index in [2.05, 4.69) is 0 Å². The average molecular weight is 569 g/mol. The van der Waals surface area contributed by atoms with Gasteiger partial charge >= 0.3 is 0 Å². The largest absolute Gasteiger partial charge is 0.507 e. The Morgan fingerprint density at radius 3 is 2.45 bits per heavy atom. The molecule has 1 fully saturated rings. The monoisotopic (exact) mass is 568 g/mol. The number of hydrogen-bond acceptors (Lipinski definition) is 7. The first-order valence-electron chi connectivity index (χ1n) is 13.9. The number of phenols is 1. The Kier molecular flexibility index (Phi) is 8.33. The van der Waals surface area contributed by atoms with Gasteiger partial charge in [-0.3, -0.25) is 19.7 Å². The molecule has 1 aliphatic heterocycles. The molecule has 2 aliphatic rings. The molecule has 0 unspecified atom stereocenters. The second-order valence-electron chi connectivity index (χ2n) is 10.8. The van der Waals surface area contributed by atoms with Gasteiger partial charge in [0.2, 0.25) is 11.8 Å². The van der Waals surface area contributed by atoms with Crippen LogP contribution in [0.25, 0.3) is 11.6 Å². The minimum atomic E-state index is -0.991. The molecule has 42 heavy (non-hydrogen) atoms. The van der Waals surface area contributed by atoms with Gasteiger partial charge in [0.25, 0.3) is 5.69 Å². The molecule has 2 amide bonds. The van der Waals surface area contributed by atoms with Crippen LogP contribution in [0.15, 0.2) is 90.0 Å². The number of nitrogens with zero attached hydrogens (tertiary/aromatic N) is 2. The molecular weight excluding hydrogens is 536 g/mol. The Balaban J connectivity index is 1.41. The fourth-order valence-corrected chi connectivity index (χ4v) is 6.31. The molecule has 0 aromatic heterocycles. The van der Waals surface area contributed by atoms with Gasteiger partial charge in [0.1, 0.15) is 5.75 Å². The Labute approximate surface area is 243 Å². The van der Waals surface area contributed by atoms with Crippen molar-refractivity contribution in [3.8, 4) is 5.75 Å². The number of phenolic OH excluding ortho intramolecular Hbond substituents is 1. The highest BCUT2D eigenvalue weighted by atomic mass is 16.6. The van der Waals surface area contributed by atoms with Crippen molar-refractivity contribution in [1.82, 2.24) is 0 Å². The highest BCUT2D eigenvalue weighted by Crippen LogP contribution is 2.47. The van der Waals surface area contributed by atoms with Crippen molar-refractivity contribution in [3.63, 3.8) is 0 Å². The minimum Gasteiger partial charge on any atom is -0.507 e. The van der Waals surface area contributed by atoms with Gasteiger partial charge in [0.15, 0.2) is 0 Å². The molecular formula is C33H32N2O7. The van der Waals surface area contributed by atoms with Gasteiger partial charge in [-0.25, -0.2) is 4.90 Å². The summed E-state index contributed by atoms with van der Waals surface area (Å²) in [7, 11) is 0. The zero-order valence-corrected chi connectivity index (χ0v) is 23.1. The third-order valence-electron chi connectivity index (χ3n) is 8.28. The fourth-order valence-electron chi connectivity index (χ4n) is 6.31. The van der Waals surface area contributed by atoms with Gasteiger partial charge in [-0.15, -0.1) is 0 Å². The van der Waals surface area contributed by atoms with Crippen LogP contribution in [0.5, 0.6) is 5.75 Å². The van der Waals surface area contributed by atoms with Gasteiger partial charge in [-0.1, -0.05) is 60.2 Å². The molecule has 3 aromatic rings. The lowest BCUT2D eigenvalue weighted by Crippen LogP contribution is -2.38. The number of aliphatic hydroxyl groups excluding tert-OH is 2. The van der Waals surface area contributed by atoms with E-state index >= 15 is 0 Å². The van der Waals surface area contributed by atoms with Gasteiger partial charge < -0.3 is 15.3 Å². The highest BCUT2D eigenvalue weighted by Gasteiger charge is 2.55. The van der Waals surface area contributed by atoms with E-state index < -0.39 is 47.2 Å². The number of carbonyl (C=O) groups excluding carboxylic acids is 2. The van der Waals surface area contributed by atoms with Crippen molar-refractivity contribution in [2.45, 2.75) is 32.3 Å². The molecule has 3 aromatic carbocycles. The molecule has 0 spiro atoms. The lowest BCUT2D eigenvalue weighted by Gasteiger charge is -2.35. The topological polar surface area (TPSA) is 141 Å². The summed E-state index contributed by atoms with van der Waals surface area (Å²) in [5.74, 6) is -3.26. The smallest absolute Gasteiger partial charge is 0.271 e. The van der Waals surface area contributed by atoms with E-state index in [9.17, 15) is 35.0 Å². The Morgan fingerprint density at radius 2 is 1.76 bits per heavy atom. The van der Waals surface area contributed by atoms with Crippen LogP contribution < -0.4 is 4.90 Å². The molecule has 1 heterocycles. The van der Waals surface area contributed by atoms with Crippen molar-refractivity contribution < 1.29 is 29.8 Å². The quantitative estimate of drug-likeness (QED) is 0.107. The summed E-state index contributed by atoms with van der Waals surface area (Å²) in [6.45, 7) is 1.37. The molecule has 9 nitrogen and oxygen atoms in total. The van der Waals surface area contributed by atoms with Crippen LogP contribution in [-0.4, -0.2) is 44.8 Å². The molecule has 9 heteroatoms. The number of aromatic hydroxyl groups is 1. The number of para-hydroxylation sites is 1. The first-order chi connectivity index (χ1) is 20.2. The van der Waals surface area contributed by atoms with E-state index in [1.165, 1.54) is 24.3 Å². The van der Waals surface area contributed by atoms with Crippen molar-refractivity contribution in [2.24, 2.45) is 17.8 Å².